The Bertz CT molecular complexity index is 533. The van der Waals surface area contributed by atoms with E-state index in [9.17, 15) is 19.2 Å². The highest BCUT2D eigenvalue weighted by Crippen LogP contribution is 2.39. The summed E-state index contributed by atoms with van der Waals surface area (Å²) in [6, 6.07) is 0. The van der Waals surface area contributed by atoms with Gasteiger partial charge in [-0.2, -0.15) is 0 Å². The van der Waals surface area contributed by atoms with E-state index in [-0.39, 0.29) is 22.4 Å². The SMILES string of the molecule is CC(C)(C)C(C)(C)C(=O)COC(=O)CC(=O)OCC(=O)C(C)(C)C(C)(C)C. The molecule has 27 heavy (non-hydrogen) atoms. The number of carbonyl (C=O) groups excluding carboxylic acids is 4. The van der Waals surface area contributed by atoms with E-state index >= 15 is 0 Å². The van der Waals surface area contributed by atoms with Crippen molar-refractivity contribution in [2.45, 2.75) is 75.7 Å². The molecule has 0 atom stereocenters. The van der Waals surface area contributed by atoms with E-state index in [1.807, 2.05) is 41.5 Å². The molecule has 0 aliphatic heterocycles. The van der Waals surface area contributed by atoms with Crippen LogP contribution in [0, 0.1) is 21.7 Å². The molecule has 156 valence electrons. The van der Waals surface area contributed by atoms with Crippen molar-refractivity contribution >= 4 is 23.5 Å². The zero-order valence-corrected chi connectivity index (χ0v) is 18.6. The molecule has 0 bridgehead atoms. The first-order valence-electron chi connectivity index (χ1n) is 9.22. The van der Waals surface area contributed by atoms with Crippen LogP contribution in [0.5, 0.6) is 0 Å². The molecule has 0 aromatic rings. The maximum atomic E-state index is 12.3. The predicted molar refractivity (Wildman–Crippen MR) is 103 cm³/mol. The normalized spacial score (nSPS) is 13.1. The highest BCUT2D eigenvalue weighted by atomic mass is 16.6. The Balaban J connectivity index is 4.52. The molecule has 0 saturated carbocycles. The van der Waals surface area contributed by atoms with Gasteiger partial charge in [0.2, 0.25) is 0 Å². The van der Waals surface area contributed by atoms with Crippen LogP contribution >= 0.6 is 0 Å². The van der Waals surface area contributed by atoms with Crippen LogP contribution in [-0.2, 0) is 28.7 Å². The third-order valence-corrected chi connectivity index (χ3v) is 6.16. The third-order valence-electron chi connectivity index (χ3n) is 6.16. The Labute approximate surface area is 163 Å². The Morgan fingerprint density at radius 1 is 0.556 bits per heavy atom. The molecule has 6 heteroatoms. The van der Waals surface area contributed by atoms with Gasteiger partial charge in [0.05, 0.1) is 0 Å². The summed E-state index contributed by atoms with van der Waals surface area (Å²) >= 11 is 0. The zero-order valence-electron chi connectivity index (χ0n) is 18.6. The van der Waals surface area contributed by atoms with Crippen molar-refractivity contribution in [1.29, 1.82) is 0 Å². The average Bonchev–Trinajstić information content (AvgIpc) is 2.47. The quantitative estimate of drug-likeness (QED) is 0.468. The number of Topliss-reactive ketones (excluding diaryl/α,β-unsaturated/α-hetero) is 2. The number of rotatable bonds is 8. The van der Waals surface area contributed by atoms with Crippen LogP contribution in [0.1, 0.15) is 75.7 Å². The number of ether oxygens (including phenoxy) is 2. The van der Waals surface area contributed by atoms with Gasteiger partial charge in [0.15, 0.2) is 24.8 Å². The lowest BCUT2D eigenvalue weighted by Crippen LogP contribution is -2.40. The summed E-state index contributed by atoms with van der Waals surface area (Å²) in [6.07, 6.45) is -0.632. The summed E-state index contributed by atoms with van der Waals surface area (Å²) in [5.74, 6) is -2.14. The van der Waals surface area contributed by atoms with Crippen LogP contribution < -0.4 is 0 Å². The second-order valence-electron chi connectivity index (χ2n) is 10.1. The van der Waals surface area contributed by atoms with Crippen molar-refractivity contribution in [2.75, 3.05) is 13.2 Å². The van der Waals surface area contributed by atoms with Crippen molar-refractivity contribution in [3.63, 3.8) is 0 Å². The molecule has 0 unspecified atom stereocenters. The smallest absolute Gasteiger partial charge is 0.317 e. The molecule has 0 rings (SSSR count). The maximum absolute atomic E-state index is 12.3. The minimum absolute atomic E-state index is 0.223. The highest BCUT2D eigenvalue weighted by Gasteiger charge is 2.40. The first kappa shape index (κ1) is 25.3. The lowest BCUT2D eigenvalue weighted by molar-refractivity contribution is -0.161. The Kier molecular flexibility index (Phi) is 7.99. The summed E-state index contributed by atoms with van der Waals surface area (Å²) < 4.78 is 9.82. The maximum Gasteiger partial charge on any atom is 0.317 e. The summed E-state index contributed by atoms with van der Waals surface area (Å²) in [7, 11) is 0. The van der Waals surface area contributed by atoms with Crippen molar-refractivity contribution in [3.05, 3.63) is 0 Å². The van der Waals surface area contributed by atoms with E-state index in [2.05, 4.69) is 0 Å². The van der Waals surface area contributed by atoms with Gasteiger partial charge in [0.1, 0.15) is 6.42 Å². The Morgan fingerprint density at radius 3 is 1.04 bits per heavy atom. The molecule has 0 spiro atoms. The van der Waals surface area contributed by atoms with Gasteiger partial charge in [-0.1, -0.05) is 69.2 Å². The Morgan fingerprint density at radius 2 is 0.815 bits per heavy atom. The third kappa shape index (κ3) is 6.74. The first-order chi connectivity index (χ1) is 11.8. The van der Waals surface area contributed by atoms with E-state index in [0.29, 0.717) is 0 Å². The van der Waals surface area contributed by atoms with Crippen molar-refractivity contribution in [3.8, 4) is 0 Å². The number of hydrogen-bond donors (Lipinski definition) is 0. The van der Waals surface area contributed by atoms with E-state index < -0.39 is 42.4 Å². The van der Waals surface area contributed by atoms with Gasteiger partial charge < -0.3 is 9.47 Å². The molecule has 0 aromatic heterocycles. The fourth-order valence-electron chi connectivity index (χ4n) is 1.71. The first-order valence-corrected chi connectivity index (χ1v) is 9.22. The van der Waals surface area contributed by atoms with Crippen LogP contribution in [0.3, 0.4) is 0 Å². The van der Waals surface area contributed by atoms with Crippen LogP contribution in [0.2, 0.25) is 0 Å². The van der Waals surface area contributed by atoms with Gasteiger partial charge in [-0.3, -0.25) is 19.2 Å². The molecule has 0 aliphatic rings. The molecule has 0 fully saturated rings. The molecule has 0 aromatic carbocycles. The van der Waals surface area contributed by atoms with Gasteiger partial charge in [0, 0.05) is 10.8 Å². The predicted octanol–water partition coefficient (Wildman–Crippen LogP) is 3.75. The molecule has 0 saturated heterocycles. The van der Waals surface area contributed by atoms with E-state index in [0.717, 1.165) is 0 Å². The highest BCUT2D eigenvalue weighted by molar-refractivity contribution is 5.94. The van der Waals surface area contributed by atoms with E-state index in [1.165, 1.54) is 0 Å². The lowest BCUT2D eigenvalue weighted by atomic mass is 9.67. The van der Waals surface area contributed by atoms with Gasteiger partial charge in [-0.05, 0) is 10.8 Å². The molecule has 0 N–H and O–H groups in total. The van der Waals surface area contributed by atoms with Crippen molar-refractivity contribution in [1.82, 2.24) is 0 Å². The standard InChI is InChI=1S/C21H36O6/c1-18(2,3)20(7,8)14(22)12-26-16(24)11-17(25)27-13-15(23)21(9,10)19(4,5)6/h11-13H2,1-10H3. The molecular formula is C21H36O6. The molecule has 0 heterocycles. The zero-order chi connectivity index (χ0) is 21.8. The van der Waals surface area contributed by atoms with Gasteiger partial charge in [-0.15, -0.1) is 0 Å². The summed E-state index contributed by atoms with van der Waals surface area (Å²) in [5, 5.41) is 0. The lowest BCUT2D eigenvalue weighted by Gasteiger charge is -2.37. The topological polar surface area (TPSA) is 86.7 Å². The van der Waals surface area contributed by atoms with Crippen LogP contribution in [0.4, 0.5) is 0 Å². The monoisotopic (exact) mass is 384 g/mol. The fraction of sp³-hybridized carbons (Fsp3) is 0.810. The minimum Gasteiger partial charge on any atom is -0.457 e. The number of ketones is 2. The molecule has 0 radical (unpaired) electrons. The van der Waals surface area contributed by atoms with Gasteiger partial charge >= 0.3 is 11.9 Å². The van der Waals surface area contributed by atoms with Gasteiger partial charge in [-0.25, -0.2) is 0 Å². The van der Waals surface area contributed by atoms with Crippen molar-refractivity contribution < 1.29 is 28.7 Å². The summed E-state index contributed by atoms with van der Waals surface area (Å²) in [6.45, 7) is 18.0. The average molecular weight is 385 g/mol. The number of carbonyl (C=O) groups is 4. The van der Waals surface area contributed by atoms with Crippen LogP contribution in [0.25, 0.3) is 0 Å². The largest absolute Gasteiger partial charge is 0.457 e. The Hall–Kier alpha value is -1.72. The molecule has 6 nitrogen and oxygen atoms in total. The second kappa shape index (κ2) is 8.53. The van der Waals surface area contributed by atoms with E-state index in [1.54, 1.807) is 27.7 Å². The van der Waals surface area contributed by atoms with E-state index in [4.69, 9.17) is 9.47 Å². The van der Waals surface area contributed by atoms with Crippen LogP contribution in [-0.4, -0.2) is 36.7 Å². The minimum atomic E-state index is -0.847. The second-order valence-corrected chi connectivity index (χ2v) is 10.1. The number of hydrogen-bond acceptors (Lipinski definition) is 6. The fourth-order valence-corrected chi connectivity index (χ4v) is 1.71. The van der Waals surface area contributed by atoms with Crippen molar-refractivity contribution in [2.24, 2.45) is 21.7 Å². The molecule has 0 aliphatic carbocycles. The van der Waals surface area contributed by atoms with Gasteiger partial charge in [0.25, 0.3) is 0 Å². The van der Waals surface area contributed by atoms with Crippen LogP contribution in [0.15, 0.2) is 0 Å². The molecule has 0 amide bonds. The summed E-state index contributed by atoms with van der Waals surface area (Å²) in [4.78, 5) is 48.1. The summed E-state index contributed by atoms with van der Waals surface area (Å²) in [5.41, 5.74) is -1.96. The molecular weight excluding hydrogens is 348 g/mol. The number of esters is 2.